The van der Waals surface area contributed by atoms with E-state index in [2.05, 4.69) is 5.10 Å². The maximum Gasteiger partial charge on any atom is 0.351 e. The third-order valence-corrected chi connectivity index (χ3v) is 4.23. The molecule has 0 aliphatic carbocycles. The smallest absolute Gasteiger partial charge is 0.351 e. The van der Waals surface area contributed by atoms with E-state index < -0.39 is 35.3 Å². The van der Waals surface area contributed by atoms with Gasteiger partial charge in [-0.2, -0.15) is 4.68 Å². The summed E-state index contributed by atoms with van der Waals surface area (Å²) in [5.41, 5.74) is -0.0199. The van der Waals surface area contributed by atoms with Gasteiger partial charge in [-0.15, -0.1) is 5.10 Å². The number of aliphatic hydroxyl groups is 1. The van der Waals surface area contributed by atoms with Crippen molar-refractivity contribution in [3.63, 3.8) is 0 Å². The van der Waals surface area contributed by atoms with Gasteiger partial charge in [0.1, 0.15) is 23.6 Å². The van der Waals surface area contributed by atoms with E-state index in [1.807, 2.05) is 0 Å². The molecule has 1 aromatic heterocycles. The molecule has 0 radical (unpaired) electrons. The lowest BCUT2D eigenvalue weighted by Crippen LogP contribution is -2.26. The molecule has 1 aliphatic rings. The van der Waals surface area contributed by atoms with Crippen molar-refractivity contribution >= 4 is 0 Å². The quantitative estimate of drug-likeness (QED) is 0.775. The lowest BCUT2D eigenvalue weighted by molar-refractivity contribution is 0.170. The number of rotatable bonds is 2. The minimum atomic E-state index is -1.05. The zero-order chi connectivity index (χ0) is 17.7. The van der Waals surface area contributed by atoms with E-state index >= 15 is 0 Å². The summed E-state index contributed by atoms with van der Waals surface area (Å²) < 4.78 is 42.3. The van der Waals surface area contributed by atoms with Crippen LogP contribution < -0.4 is 5.69 Å². The van der Waals surface area contributed by atoms with Crippen LogP contribution in [0.2, 0.25) is 0 Å². The molecule has 0 unspecified atom stereocenters. The minimum absolute atomic E-state index is 0.0880. The molecule has 2 aromatic carbocycles. The first-order valence-corrected chi connectivity index (χ1v) is 7.55. The van der Waals surface area contributed by atoms with Gasteiger partial charge in [-0.05, 0) is 42.0 Å². The Balaban J connectivity index is 1.85. The number of fused-ring (bicyclic) bond motifs is 1. The summed E-state index contributed by atoms with van der Waals surface area (Å²) in [6.45, 7) is 0. The Morgan fingerprint density at radius 3 is 2.28 bits per heavy atom. The van der Waals surface area contributed by atoms with Crippen LogP contribution in [0.5, 0.6) is 0 Å². The van der Waals surface area contributed by atoms with Crippen LogP contribution in [0, 0.1) is 17.5 Å². The van der Waals surface area contributed by atoms with E-state index in [9.17, 15) is 23.1 Å². The molecule has 1 N–H and O–H groups in total. The van der Waals surface area contributed by atoms with Crippen LogP contribution in [-0.2, 0) is 0 Å². The van der Waals surface area contributed by atoms with E-state index in [-0.39, 0.29) is 17.8 Å². The van der Waals surface area contributed by atoms with Gasteiger partial charge in [0, 0.05) is 12.5 Å². The van der Waals surface area contributed by atoms with Crippen LogP contribution in [0.3, 0.4) is 0 Å². The van der Waals surface area contributed by atoms with E-state index in [4.69, 9.17) is 0 Å². The van der Waals surface area contributed by atoms with Gasteiger partial charge in [-0.1, -0.05) is 0 Å². The molecule has 2 heterocycles. The summed E-state index contributed by atoms with van der Waals surface area (Å²) in [6.07, 6.45) is -0.962. The van der Waals surface area contributed by atoms with Gasteiger partial charge in [0.25, 0.3) is 0 Å². The lowest BCUT2D eigenvalue weighted by Gasteiger charge is -2.13. The third kappa shape index (κ3) is 2.54. The zero-order valence-electron chi connectivity index (χ0n) is 12.7. The van der Waals surface area contributed by atoms with Crippen LogP contribution in [0.1, 0.15) is 30.0 Å². The van der Waals surface area contributed by atoms with Gasteiger partial charge >= 0.3 is 5.69 Å². The summed E-state index contributed by atoms with van der Waals surface area (Å²) in [7, 11) is 0. The fourth-order valence-corrected chi connectivity index (χ4v) is 3.14. The molecule has 2 atom stereocenters. The van der Waals surface area contributed by atoms with Crippen molar-refractivity contribution in [2.45, 2.75) is 18.6 Å². The molecule has 5 nitrogen and oxygen atoms in total. The second-order valence-electron chi connectivity index (χ2n) is 5.87. The minimum Gasteiger partial charge on any atom is -0.385 e. The number of nitrogens with zero attached hydrogens (tertiary/aromatic N) is 3. The number of aromatic nitrogens is 3. The normalized spacial score (nSPS) is 19.2. The molecule has 0 spiro atoms. The molecule has 8 heteroatoms. The van der Waals surface area contributed by atoms with Crippen molar-refractivity contribution in [1.82, 2.24) is 14.3 Å². The second kappa shape index (κ2) is 5.59. The Kier molecular flexibility index (Phi) is 3.50. The summed E-state index contributed by atoms with van der Waals surface area (Å²) in [4.78, 5) is 12.7. The van der Waals surface area contributed by atoms with Crippen molar-refractivity contribution in [3.8, 4) is 5.69 Å². The standard InChI is InChI=1S/C17H12F3N3O2/c18-10-1-3-13(4-2-10)23-17(25)22-14(8-15(24)16(22)21-23)9-5-11(19)7-12(20)6-9/h1-7,14-15,24H,8H2/t14-,15-/m0/s1. The summed E-state index contributed by atoms with van der Waals surface area (Å²) in [5, 5.41) is 14.3. The molecule has 0 fully saturated rings. The SMILES string of the molecule is O=c1n(-c2ccc(F)cc2)nc2n1[C@H](c1cc(F)cc(F)c1)C[C@@H]2O. The van der Waals surface area contributed by atoms with Gasteiger partial charge in [-0.25, -0.2) is 18.0 Å². The maximum atomic E-state index is 13.5. The Bertz CT molecular complexity index is 991. The Labute approximate surface area is 139 Å². The van der Waals surface area contributed by atoms with Gasteiger partial charge in [0.2, 0.25) is 0 Å². The predicted octanol–water partition coefficient (Wildman–Crippen LogP) is 2.48. The van der Waals surface area contributed by atoms with E-state index in [1.165, 1.54) is 28.8 Å². The molecule has 25 heavy (non-hydrogen) atoms. The van der Waals surface area contributed by atoms with Crippen LogP contribution in [0.15, 0.2) is 47.3 Å². The third-order valence-electron chi connectivity index (χ3n) is 4.23. The van der Waals surface area contributed by atoms with Crippen molar-refractivity contribution in [2.24, 2.45) is 0 Å². The fraction of sp³-hybridized carbons (Fsp3) is 0.176. The van der Waals surface area contributed by atoms with Crippen LogP contribution in [0.25, 0.3) is 5.69 Å². The summed E-state index contributed by atoms with van der Waals surface area (Å²) >= 11 is 0. The molecule has 1 aliphatic heterocycles. The molecular formula is C17H12F3N3O2. The van der Waals surface area contributed by atoms with E-state index in [1.54, 1.807) is 0 Å². The average molecular weight is 347 g/mol. The number of aliphatic hydroxyl groups excluding tert-OH is 1. The zero-order valence-corrected chi connectivity index (χ0v) is 12.7. The summed E-state index contributed by atoms with van der Waals surface area (Å²) in [6, 6.07) is 7.36. The lowest BCUT2D eigenvalue weighted by atomic mass is 10.0. The first-order valence-electron chi connectivity index (χ1n) is 7.55. The van der Waals surface area contributed by atoms with Gasteiger partial charge in [-0.3, -0.25) is 4.57 Å². The fourth-order valence-electron chi connectivity index (χ4n) is 3.14. The topological polar surface area (TPSA) is 60.0 Å². The molecule has 0 amide bonds. The number of hydrogen-bond acceptors (Lipinski definition) is 3. The first-order chi connectivity index (χ1) is 11.9. The van der Waals surface area contributed by atoms with Crippen LogP contribution in [0.4, 0.5) is 13.2 Å². The highest BCUT2D eigenvalue weighted by Crippen LogP contribution is 2.36. The van der Waals surface area contributed by atoms with Crippen molar-refractivity contribution in [2.75, 3.05) is 0 Å². The van der Waals surface area contributed by atoms with Crippen molar-refractivity contribution in [1.29, 1.82) is 0 Å². The molecule has 3 aromatic rings. The molecule has 0 saturated carbocycles. The molecule has 128 valence electrons. The van der Waals surface area contributed by atoms with Crippen molar-refractivity contribution in [3.05, 3.63) is 81.8 Å². The number of hydrogen-bond donors (Lipinski definition) is 1. The maximum absolute atomic E-state index is 13.5. The van der Waals surface area contributed by atoms with Gasteiger partial charge < -0.3 is 5.11 Å². The van der Waals surface area contributed by atoms with E-state index in [0.29, 0.717) is 5.69 Å². The number of halogens is 3. The highest BCUT2D eigenvalue weighted by molar-refractivity contribution is 5.32. The average Bonchev–Trinajstić information content (AvgIpc) is 3.06. The second-order valence-corrected chi connectivity index (χ2v) is 5.87. The predicted molar refractivity (Wildman–Crippen MR) is 81.9 cm³/mol. The monoisotopic (exact) mass is 347 g/mol. The van der Waals surface area contributed by atoms with Crippen molar-refractivity contribution < 1.29 is 18.3 Å². The molecule has 0 bridgehead atoms. The summed E-state index contributed by atoms with van der Waals surface area (Å²) in [5.74, 6) is -1.89. The van der Waals surface area contributed by atoms with Crippen LogP contribution >= 0.6 is 0 Å². The Morgan fingerprint density at radius 2 is 1.64 bits per heavy atom. The highest BCUT2D eigenvalue weighted by Gasteiger charge is 2.36. The Morgan fingerprint density at radius 1 is 1.00 bits per heavy atom. The first kappa shape index (κ1) is 15.6. The largest absolute Gasteiger partial charge is 0.385 e. The molecular weight excluding hydrogens is 335 g/mol. The molecule has 4 rings (SSSR count). The van der Waals surface area contributed by atoms with E-state index in [0.717, 1.165) is 22.9 Å². The van der Waals surface area contributed by atoms with Gasteiger partial charge in [0.05, 0.1) is 11.7 Å². The Hall–Kier alpha value is -2.87. The van der Waals surface area contributed by atoms with Gasteiger partial charge in [0.15, 0.2) is 5.82 Å². The molecule has 0 saturated heterocycles. The van der Waals surface area contributed by atoms with Crippen LogP contribution in [-0.4, -0.2) is 19.5 Å². The number of benzene rings is 2. The highest BCUT2D eigenvalue weighted by atomic mass is 19.1.